The van der Waals surface area contributed by atoms with Crippen LogP contribution in [0.3, 0.4) is 0 Å². The number of carbonyl (C=O) groups excluding carboxylic acids is 2. The molecule has 3 aromatic rings. The zero-order valence-corrected chi connectivity index (χ0v) is 20.3. The van der Waals surface area contributed by atoms with Crippen LogP contribution in [0.2, 0.25) is 0 Å². The quantitative estimate of drug-likeness (QED) is 0.175. The minimum Gasteiger partial charge on any atom is -0.494 e. The Bertz CT molecular complexity index is 1260. The number of ether oxygens (including phenoxy) is 1. The lowest BCUT2D eigenvalue weighted by atomic mass is 10.1. The van der Waals surface area contributed by atoms with Crippen LogP contribution in [-0.4, -0.2) is 29.2 Å². The van der Waals surface area contributed by atoms with Gasteiger partial charge in [0.2, 0.25) is 6.41 Å². The maximum absolute atomic E-state index is 11.6. The summed E-state index contributed by atoms with van der Waals surface area (Å²) in [7, 11) is 1.51. The fourth-order valence-electron chi connectivity index (χ4n) is 3.14. The van der Waals surface area contributed by atoms with Crippen molar-refractivity contribution in [3.63, 3.8) is 0 Å². The lowest BCUT2D eigenvalue weighted by Gasteiger charge is -2.16. The van der Waals surface area contributed by atoms with Gasteiger partial charge in [-0.25, -0.2) is 4.68 Å². The fourth-order valence-corrected chi connectivity index (χ4v) is 3.14. The predicted molar refractivity (Wildman–Crippen MR) is 139 cm³/mol. The number of allylic oxidation sites excluding steroid dienone is 1. The summed E-state index contributed by atoms with van der Waals surface area (Å²) in [4.78, 5) is 22.3. The van der Waals surface area contributed by atoms with Crippen molar-refractivity contribution < 1.29 is 14.3 Å². The molecule has 2 aromatic carbocycles. The van der Waals surface area contributed by atoms with E-state index in [9.17, 15) is 9.59 Å². The van der Waals surface area contributed by atoms with Crippen LogP contribution in [0.4, 0.5) is 5.69 Å². The number of hydrogen-bond donors (Lipinski definition) is 5. The summed E-state index contributed by atoms with van der Waals surface area (Å²) in [5, 5.41) is 9.90. The van der Waals surface area contributed by atoms with Crippen molar-refractivity contribution in [3.05, 3.63) is 84.1 Å². The number of nitrogens with one attached hydrogen (secondary N) is 2. The van der Waals surface area contributed by atoms with E-state index in [1.807, 2.05) is 48.7 Å². The van der Waals surface area contributed by atoms with Crippen LogP contribution in [0.15, 0.2) is 84.1 Å². The second kappa shape index (κ2) is 12.1. The average molecular weight is 490 g/mol. The van der Waals surface area contributed by atoms with E-state index in [2.05, 4.69) is 22.7 Å². The van der Waals surface area contributed by atoms with E-state index in [0.717, 1.165) is 11.6 Å². The highest BCUT2D eigenvalue weighted by molar-refractivity contribution is 5.93. The molecular weight excluding hydrogens is 458 g/mol. The molecule has 10 nitrogen and oxygen atoms in total. The van der Waals surface area contributed by atoms with Crippen molar-refractivity contribution in [2.75, 3.05) is 12.4 Å². The van der Waals surface area contributed by atoms with Crippen LogP contribution in [0.1, 0.15) is 19.8 Å². The summed E-state index contributed by atoms with van der Waals surface area (Å²) in [6, 6.07) is 16.9. The van der Waals surface area contributed by atoms with Crippen LogP contribution in [-0.2, 0) is 9.59 Å². The van der Waals surface area contributed by atoms with Crippen LogP contribution in [0.5, 0.6) is 5.75 Å². The Kier molecular flexibility index (Phi) is 8.71. The Morgan fingerprint density at radius 2 is 1.78 bits per heavy atom. The first-order chi connectivity index (χ1) is 17.3. The van der Waals surface area contributed by atoms with E-state index in [4.69, 9.17) is 21.9 Å². The molecule has 1 aliphatic carbocycles. The monoisotopic (exact) mass is 489 g/mol. The van der Waals surface area contributed by atoms with E-state index in [-0.39, 0.29) is 17.2 Å². The maximum Gasteiger partial charge on any atom is 0.266 e. The molecule has 0 atom stereocenters. The Morgan fingerprint density at radius 1 is 1.08 bits per heavy atom. The molecule has 0 aliphatic heterocycles. The van der Waals surface area contributed by atoms with Crippen LogP contribution < -0.4 is 32.6 Å². The maximum atomic E-state index is 11.6. The predicted octanol–water partition coefficient (Wildman–Crippen LogP) is 2.58. The minimum absolute atomic E-state index is 0.0385. The standard InChI is InChI=1S/C22H23N7O3.C4H8/c1-32-21-15(16-10-11-29(28-16)14-6-3-2-4-7-14)8-5-9-17(21)27-18(20(24)22(25)31)12-19(23)26-13-30;1-4-2-3-4/h2-13,27H,23-24H2,1H3,(H2,25,31)(H,26,30);4H,2-3H2,1H3/b19-12+,20-18+;. The number of para-hydroxylation sites is 2. The van der Waals surface area contributed by atoms with Gasteiger partial charge in [0.25, 0.3) is 5.91 Å². The number of aromatic nitrogens is 2. The molecule has 188 valence electrons. The molecule has 0 spiro atoms. The average Bonchev–Trinajstić information content (AvgIpc) is 3.50. The van der Waals surface area contributed by atoms with Gasteiger partial charge >= 0.3 is 0 Å². The van der Waals surface area contributed by atoms with Crippen molar-refractivity contribution in [1.29, 1.82) is 0 Å². The summed E-state index contributed by atoms with van der Waals surface area (Å²) >= 11 is 0. The second-order valence-corrected chi connectivity index (χ2v) is 8.23. The van der Waals surface area contributed by atoms with Gasteiger partial charge in [0.15, 0.2) is 5.75 Å². The molecule has 2 amide bonds. The van der Waals surface area contributed by atoms with Gasteiger partial charge in [-0.15, -0.1) is 0 Å². The normalized spacial score (nSPS) is 13.6. The lowest BCUT2D eigenvalue weighted by Crippen LogP contribution is -2.25. The highest BCUT2D eigenvalue weighted by atomic mass is 16.5. The van der Waals surface area contributed by atoms with Gasteiger partial charge in [-0.1, -0.05) is 44.0 Å². The molecule has 1 saturated carbocycles. The first-order valence-electron chi connectivity index (χ1n) is 11.4. The topological polar surface area (TPSA) is 163 Å². The SMILES string of the molecule is CC1CC1.COc1c(NC(/C=C(\N)NC=O)=C(/N)C(N)=O)cccc1-c1ccn(-c2ccccc2)n1. The lowest BCUT2D eigenvalue weighted by molar-refractivity contribution is -0.114. The molecule has 4 rings (SSSR count). The van der Waals surface area contributed by atoms with Crippen LogP contribution >= 0.6 is 0 Å². The molecule has 0 bridgehead atoms. The molecule has 0 unspecified atom stereocenters. The highest BCUT2D eigenvalue weighted by Crippen LogP contribution is 2.36. The van der Waals surface area contributed by atoms with Crippen molar-refractivity contribution >= 4 is 18.0 Å². The molecule has 8 N–H and O–H groups in total. The first kappa shape index (κ1) is 25.9. The van der Waals surface area contributed by atoms with Crippen LogP contribution in [0, 0.1) is 5.92 Å². The van der Waals surface area contributed by atoms with Gasteiger partial charge in [0, 0.05) is 17.8 Å². The van der Waals surface area contributed by atoms with E-state index in [1.54, 1.807) is 16.8 Å². The molecule has 1 heterocycles. The summed E-state index contributed by atoms with van der Waals surface area (Å²) in [5.41, 5.74) is 19.5. The number of hydrogen-bond acceptors (Lipinski definition) is 7. The van der Waals surface area contributed by atoms with E-state index in [1.165, 1.54) is 26.0 Å². The van der Waals surface area contributed by atoms with Crippen molar-refractivity contribution in [1.82, 2.24) is 15.1 Å². The molecule has 0 saturated heterocycles. The third kappa shape index (κ3) is 6.89. The molecule has 0 radical (unpaired) electrons. The van der Waals surface area contributed by atoms with Gasteiger partial charge in [-0.3, -0.25) is 9.59 Å². The molecule has 1 aliphatic rings. The minimum atomic E-state index is -0.862. The number of carbonyl (C=O) groups is 2. The van der Waals surface area contributed by atoms with Gasteiger partial charge in [0.1, 0.15) is 11.5 Å². The fraction of sp³-hybridized carbons (Fsp3) is 0.192. The second-order valence-electron chi connectivity index (χ2n) is 8.23. The third-order valence-electron chi connectivity index (χ3n) is 5.32. The molecular formula is C26H31N7O3. The number of nitrogens with two attached hydrogens (primary N) is 3. The molecule has 1 fully saturated rings. The van der Waals surface area contributed by atoms with Crippen molar-refractivity contribution in [3.8, 4) is 22.7 Å². The molecule has 10 heteroatoms. The number of rotatable bonds is 9. The highest BCUT2D eigenvalue weighted by Gasteiger charge is 2.16. The zero-order chi connectivity index (χ0) is 26.1. The zero-order valence-electron chi connectivity index (χ0n) is 20.3. The smallest absolute Gasteiger partial charge is 0.266 e. The number of amides is 2. The van der Waals surface area contributed by atoms with Crippen molar-refractivity contribution in [2.24, 2.45) is 23.1 Å². The Morgan fingerprint density at radius 3 is 2.36 bits per heavy atom. The van der Waals surface area contributed by atoms with Gasteiger partial charge in [-0.2, -0.15) is 5.10 Å². The van der Waals surface area contributed by atoms with E-state index < -0.39 is 5.91 Å². The van der Waals surface area contributed by atoms with E-state index >= 15 is 0 Å². The molecule has 36 heavy (non-hydrogen) atoms. The number of benzene rings is 2. The summed E-state index contributed by atoms with van der Waals surface area (Å²) in [6.45, 7) is 2.28. The Balaban J connectivity index is 0.000000819. The van der Waals surface area contributed by atoms with Gasteiger partial charge in [-0.05, 0) is 36.2 Å². The number of methoxy groups -OCH3 is 1. The number of primary amides is 1. The molecule has 1 aromatic heterocycles. The number of nitrogens with zero attached hydrogens (tertiary/aromatic N) is 2. The summed E-state index contributed by atoms with van der Waals surface area (Å²) in [5.74, 6) is 0.638. The first-order valence-corrected chi connectivity index (χ1v) is 11.4. The largest absolute Gasteiger partial charge is 0.494 e. The Labute approximate surface area is 209 Å². The summed E-state index contributed by atoms with van der Waals surface area (Å²) < 4.78 is 7.37. The summed E-state index contributed by atoms with van der Waals surface area (Å²) in [6.07, 6.45) is 6.49. The van der Waals surface area contributed by atoms with E-state index in [0.29, 0.717) is 29.1 Å². The number of anilines is 1. The van der Waals surface area contributed by atoms with Gasteiger partial charge < -0.3 is 32.6 Å². The third-order valence-corrected chi connectivity index (χ3v) is 5.32. The Hall–Kier alpha value is -4.73. The van der Waals surface area contributed by atoms with Crippen LogP contribution in [0.25, 0.3) is 16.9 Å². The van der Waals surface area contributed by atoms with Gasteiger partial charge in [0.05, 0.1) is 29.9 Å². The van der Waals surface area contributed by atoms with Crippen molar-refractivity contribution in [2.45, 2.75) is 19.8 Å².